The summed E-state index contributed by atoms with van der Waals surface area (Å²) in [7, 11) is -1.74. The van der Waals surface area contributed by atoms with E-state index in [0.29, 0.717) is 26.4 Å². The number of anilines is 1. The van der Waals surface area contributed by atoms with Crippen LogP contribution in [-0.4, -0.2) is 73.1 Å². The van der Waals surface area contributed by atoms with E-state index in [4.69, 9.17) is 18.9 Å². The minimum Gasteiger partial charge on any atom is -0.491 e. The fourth-order valence-electron chi connectivity index (χ4n) is 2.90. The first-order valence-electron chi connectivity index (χ1n) is 11.9. The van der Waals surface area contributed by atoms with Crippen LogP contribution in [0.5, 0.6) is 5.75 Å². The van der Waals surface area contributed by atoms with Crippen molar-refractivity contribution in [2.45, 2.75) is 26.4 Å². The van der Waals surface area contributed by atoms with E-state index in [1.807, 2.05) is 81.5 Å². The molecule has 1 amide bonds. The Morgan fingerprint density at radius 2 is 1.30 bits per heavy atom. The van der Waals surface area contributed by atoms with E-state index in [9.17, 15) is 13.2 Å². The van der Waals surface area contributed by atoms with Crippen molar-refractivity contribution in [2.24, 2.45) is 0 Å². The third kappa shape index (κ3) is 13.3. The van der Waals surface area contributed by atoms with Gasteiger partial charge in [0.1, 0.15) is 18.0 Å². The highest BCUT2D eigenvalue weighted by atomic mass is 32.2. The maximum Gasteiger partial charge on any atom is 0.414 e. The lowest BCUT2D eigenvalue weighted by molar-refractivity contribution is 0.0280. The Morgan fingerprint density at radius 1 is 0.811 bits per heavy atom. The molecule has 0 heterocycles. The molecule has 0 N–H and O–H groups in total. The number of carbonyl (C=O) groups is 1. The molecular weight excluding hydrogens is 498 g/mol. The summed E-state index contributed by atoms with van der Waals surface area (Å²) >= 11 is 0. The van der Waals surface area contributed by atoms with Crippen molar-refractivity contribution in [3.63, 3.8) is 0 Å². The van der Waals surface area contributed by atoms with Crippen molar-refractivity contribution in [3.05, 3.63) is 59.7 Å². The third-order valence-electron chi connectivity index (χ3n) is 4.69. The number of amides is 1. The number of nitrogens with zero attached hydrogens (tertiary/aromatic N) is 1. The summed E-state index contributed by atoms with van der Waals surface area (Å²) in [5.74, 6) is 0.740. The average molecular weight is 536 g/mol. The Morgan fingerprint density at radius 3 is 1.81 bits per heavy atom. The zero-order chi connectivity index (χ0) is 27.3. The number of hydrogen-bond acceptors (Lipinski definition) is 8. The Kier molecular flexibility index (Phi) is 12.1. The topological polar surface area (TPSA) is 101 Å². The molecule has 0 unspecified atom stereocenters. The molecule has 0 aliphatic heterocycles. The smallest absolute Gasteiger partial charge is 0.414 e. The molecule has 0 saturated carbocycles. The van der Waals surface area contributed by atoms with E-state index in [1.54, 1.807) is 7.05 Å². The lowest BCUT2D eigenvalue weighted by Gasteiger charge is -2.24. The molecule has 0 bridgehead atoms. The zero-order valence-electron chi connectivity index (χ0n) is 22.1. The summed E-state index contributed by atoms with van der Waals surface area (Å²) in [6.07, 6.45) is 4.60. The molecule has 2 aromatic rings. The molecule has 10 heteroatoms. The van der Waals surface area contributed by atoms with E-state index in [1.165, 1.54) is 4.90 Å². The minimum absolute atomic E-state index is 0.00709. The van der Waals surface area contributed by atoms with Crippen LogP contribution in [0.4, 0.5) is 10.5 Å². The number of hydrogen-bond donors (Lipinski definition) is 0. The Balaban J connectivity index is 1.67. The van der Waals surface area contributed by atoms with Gasteiger partial charge >= 0.3 is 6.09 Å². The molecule has 2 rings (SSSR count). The third-order valence-corrected chi connectivity index (χ3v) is 5.28. The predicted molar refractivity (Wildman–Crippen MR) is 144 cm³/mol. The minimum atomic E-state index is -3.43. The highest BCUT2D eigenvalue weighted by Crippen LogP contribution is 2.19. The van der Waals surface area contributed by atoms with Crippen LogP contribution in [0.1, 0.15) is 31.9 Å². The normalized spacial score (nSPS) is 12.0. The van der Waals surface area contributed by atoms with Gasteiger partial charge < -0.3 is 18.9 Å². The first-order chi connectivity index (χ1) is 17.4. The molecule has 0 radical (unpaired) electrons. The number of ether oxygens (including phenoxy) is 4. The summed E-state index contributed by atoms with van der Waals surface area (Å²) in [6, 6.07) is 15.3. The van der Waals surface area contributed by atoms with Crippen molar-refractivity contribution in [3.8, 4) is 5.75 Å². The molecule has 204 valence electrons. The van der Waals surface area contributed by atoms with E-state index >= 15 is 0 Å². The van der Waals surface area contributed by atoms with Crippen molar-refractivity contribution < 1.29 is 36.3 Å². The molecule has 0 fully saturated rings. The predicted octanol–water partition coefficient (Wildman–Crippen LogP) is 4.62. The van der Waals surface area contributed by atoms with Crippen molar-refractivity contribution in [1.82, 2.24) is 0 Å². The number of rotatable bonds is 14. The lowest BCUT2D eigenvalue weighted by atomic mass is 10.1. The van der Waals surface area contributed by atoms with Crippen LogP contribution in [0.2, 0.25) is 0 Å². The first kappa shape index (κ1) is 30.3. The van der Waals surface area contributed by atoms with Gasteiger partial charge in [-0.2, -0.15) is 8.42 Å². The van der Waals surface area contributed by atoms with Crippen molar-refractivity contribution in [1.29, 1.82) is 0 Å². The van der Waals surface area contributed by atoms with Crippen molar-refractivity contribution in [2.75, 3.05) is 57.8 Å². The molecule has 0 aromatic heterocycles. The SMILES string of the molecule is CN(C(=O)OC(C)(C)C)c1ccc(C=Cc2ccc(OCCOCCOCCOS(C)(=O)=O)cc2)cc1. The molecule has 0 spiro atoms. The van der Waals surface area contributed by atoms with Crippen LogP contribution in [0.25, 0.3) is 12.2 Å². The van der Waals surface area contributed by atoms with Gasteiger partial charge in [-0.05, 0) is 56.2 Å². The van der Waals surface area contributed by atoms with Gasteiger partial charge in [0, 0.05) is 12.7 Å². The Bertz CT molecular complexity index is 1090. The Hall–Kier alpha value is -2.92. The monoisotopic (exact) mass is 535 g/mol. The fraction of sp³-hybridized carbons (Fsp3) is 0.444. The van der Waals surface area contributed by atoms with Crippen LogP contribution in [0.15, 0.2) is 48.5 Å². The van der Waals surface area contributed by atoms with Crippen LogP contribution in [-0.2, 0) is 28.5 Å². The van der Waals surface area contributed by atoms with Gasteiger partial charge in [0.25, 0.3) is 10.1 Å². The summed E-state index contributed by atoms with van der Waals surface area (Å²) in [5.41, 5.74) is 2.24. The lowest BCUT2D eigenvalue weighted by Crippen LogP contribution is -2.34. The van der Waals surface area contributed by atoms with Gasteiger partial charge in [0.2, 0.25) is 0 Å². The molecule has 0 saturated heterocycles. The standard InChI is InChI=1S/C27H37NO8S/c1-27(2,3)36-26(29)28(4)24-12-8-22(9-13-24)6-7-23-10-14-25(15-11-23)34-20-18-32-16-17-33-19-21-35-37(5,30)31/h6-15H,16-21H2,1-5H3. The van der Waals surface area contributed by atoms with Crippen molar-refractivity contribution >= 4 is 34.1 Å². The van der Waals surface area contributed by atoms with Crippen LogP contribution < -0.4 is 9.64 Å². The Labute approximate surface area is 220 Å². The van der Waals surface area contributed by atoms with Gasteiger partial charge in [-0.15, -0.1) is 0 Å². The molecule has 37 heavy (non-hydrogen) atoms. The fourth-order valence-corrected chi connectivity index (χ4v) is 3.27. The van der Waals surface area contributed by atoms with Crippen LogP contribution >= 0.6 is 0 Å². The highest BCUT2D eigenvalue weighted by Gasteiger charge is 2.20. The molecule has 0 atom stereocenters. The van der Waals surface area contributed by atoms with Gasteiger partial charge in [0.15, 0.2) is 0 Å². The van der Waals surface area contributed by atoms with E-state index in [2.05, 4.69) is 4.18 Å². The van der Waals surface area contributed by atoms with E-state index in [0.717, 1.165) is 28.8 Å². The quantitative estimate of drug-likeness (QED) is 0.196. The summed E-state index contributed by atoms with van der Waals surface area (Å²) in [6.45, 7) is 7.22. The maximum atomic E-state index is 12.2. The zero-order valence-corrected chi connectivity index (χ0v) is 23.0. The molecule has 0 aliphatic carbocycles. The van der Waals surface area contributed by atoms with Gasteiger partial charge in [0.05, 0.1) is 39.3 Å². The number of carbonyl (C=O) groups excluding carboxylic acids is 1. The largest absolute Gasteiger partial charge is 0.491 e. The maximum absolute atomic E-state index is 12.2. The highest BCUT2D eigenvalue weighted by molar-refractivity contribution is 7.85. The van der Waals surface area contributed by atoms with Crippen LogP contribution in [0, 0.1) is 0 Å². The molecule has 9 nitrogen and oxygen atoms in total. The summed E-state index contributed by atoms with van der Waals surface area (Å²) in [5, 5.41) is 0. The average Bonchev–Trinajstić information content (AvgIpc) is 2.82. The second kappa shape index (κ2) is 14.7. The molecular formula is C27H37NO8S. The molecule has 0 aliphatic rings. The van der Waals surface area contributed by atoms with Gasteiger partial charge in [-0.25, -0.2) is 4.79 Å². The number of benzene rings is 2. The van der Waals surface area contributed by atoms with Crippen LogP contribution in [0.3, 0.4) is 0 Å². The summed E-state index contributed by atoms with van der Waals surface area (Å²) in [4.78, 5) is 13.7. The van der Waals surface area contributed by atoms with Gasteiger partial charge in [-0.3, -0.25) is 9.08 Å². The second-order valence-corrected chi connectivity index (χ2v) is 10.8. The van der Waals surface area contributed by atoms with E-state index < -0.39 is 21.8 Å². The van der Waals surface area contributed by atoms with Gasteiger partial charge in [-0.1, -0.05) is 36.4 Å². The second-order valence-electron chi connectivity index (χ2n) is 9.13. The summed E-state index contributed by atoms with van der Waals surface area (Å²) < 4.78 is 47.9. The first-order valence-corrected chi connectivity index (χ1v) is 13.7. The van der Waals surface area contributed by atoms with E-state index in [-0.39, 0.29) is 13.2 Å². The molecule has 2 aromatic carbocycles.